The zero-order valence-electron chi connectivity index (χ0n) is 14.0. The summed E-state index contributed by atoms with van der Waals surface area (Å²) >= 11 is 0. The van der Waals surface area contributed by atoms with Gasteiger partial charge in [-0.3, -0.25) is 5.43 Å². The molecule has 0 spiro atoms. The molecule has 2 N–H and O–H groups in total. The summed E-state index contributed by atoms with van der Waals surface area (Å²) in [5.74, 6) is 1.43. The highest BCUT2D eigenvalue weighted by Gasteiger charge is 2.12. The lowest BCUT2D eigenvalue weighted by molar-refractivity contribution is 0.475. The number of hydrogen-bond acceptors (Lipinski definition) is 6. The van der Waals surface area contributed by atoms with Gasteiger partial charge in [0, 0.05) is 0 Å². The minimum Gasteiger partial charge on any atom is -0.508 e. The lowest BCUT2D eigenvalue weighted by Crippen LogP contribution is -2.01. The normalized spacial score (nSPS) is 11.3. The molecule has 7 heteroatoms. The minimum absolute atomic E-state index is 0.219. The monoisotopic (exact) mass is 344 g/mol. The van der Waals surface area contributed by atoms with Crippen molar-refractivity contribution in [2.24, 2.45) is 5.10 Å². The second-order valence-electron chi connectivity index (χ2n) is 5.71. The molecule has 0 saturated heterocycles. The molecular formula is C19H16N6O. The molecule has 2 heterocycles. The Morgan fingerprint density at radius 2 is 1.81 bits per heavy atom. The average Bonchev–Trinajstić information content (AvgIpc) is 3.08. The molecule has 4 rings (SSSR count). The van der Waals surface area contributed by atoms with Gasteiger partial charge < -0.3 is 5.11 Å². The summed E-state index contributed by atoms with van der Waals surface area (Å²) in [7, 11) is 0. The fourth-order valence-corrected chi connectivity index (χ4v) is 2.59. The highest BCUT2D eigenvalue weighted by Crippen LogP contribution is 2.22. The van der Waals surface area contributed by atoms with E-state index in [1.54, 1.807) is 41.4 Å². The van der Waals surface area contributed by atoms with Crippen molar-refractivity contribution in [3.8, 4) is 11.4 Å². The Morgan fingerprint density at radius 3 is 2.58 bits per heavy atom. The van der Waals surface area contributed by atoms with Gasteiger partial charge in [0.2, 0.25) is 0 Å². The predicted molar refractivity (Wildman–Crippen MR) is 101 cm³/mol. The Labute approximate surface area is 149 Å². The maximum absolute atomic E-state index is 9.32. The van der Waals surface area contributed by atoms with E-state index in [9.17, 15) is 5.11 Å². The van der Waals surface area contributed by atoms with Crippen molar-refractivity contribution in [1.29, 1.82) is 0 Å². The number of aromatic nitrogens is 4. The van der Waals surface area contributed by atoms with Gasteiger partial charge in [0.05, 0.1) is 23.5 Å². The Hall–Kier alpha value is -3.74. The number of benzene rings is 2. The summed E-state index contributed by atoms with van der Waals surface area (Å²) in [5.41, 5.74) is 5.46. The molecule has 128 valence electrons. The number of nitrogens with one attached hydrogen (secondary N) is 1. The number of rotatable bonds is 4. The smallest absolute Gasteiger partial charge is 0.168 e. The Morgan fingerprint density at radius 1 is 1.04 bits per heavy atom. The van der Waals surface area contributed by atoms with Crippen molar-refractivity contribution < 1.29 is 5.11 Å². The van der Waals surface area contributed by atoms with E-state index in [-0.39, 0.29) is 5.75 Å². The summed E-state index contributed by atoms with van der Waals surface area (Å²) in [6.45, 7) is 1.83. The van der Waals surface area contributed by atoms with Crippen LogP contribution >= 0.6 is 0 Å². The number of phenolic OH excluding ortho intramolecular Hbond substituents is 1. The number of aryl methyl sites for hydroxylation is 1. The van der Waals surface area contributed by atoms with Crippen molar-refractivity contribution in [3.63, 3.8) is 0 Å². The van der Waals surface area contributed by atoms with E-state index in [1.807, 2.05) is 37.3 Å². The average molecular weight is 344 g/mol. The van der Waals surface area contributed by atoms with E-state index >= 15 is 0 Å². The van der Waals surface area contributed by atoms with Crippen LogP contribution in [0.1, 0.15) is 11.4 Å². The van der Waals surface area contributed by atoms with Crippen LogP contribution in [0.4, 0.5) is 5.82 Å². The number of para-hydroxylation sites is 1. The van der Waals surface area contributed by atoms with E-state index in [0.29, 0.717) is 17.3 Å². The second-order valence-corrected chi connectivity index (χ2v) is 5.71. The van der Waals surface area contributed by atoms with Crippen LogP contribution in [-0.2, 0) is 0 Å². The van der Waals surface area contributed by atoms with Gasteiger partial charge in [-0.15, -0.1) is 0 Å². The van der Waals surface area contributed by atoms with Gasteiger partial charge in [0.1, 0.15) is 11.6 Å². The highest BCUT2D eigenvalue weighted by atomic mass is 16.3. The number of nitrogens with zero attached hydrogens (tertiary/aromatic N) is 5. The molecule has 2 aromatic heterocycles. The van der Waals surface area contributed by atoms with Crippen LogP contribution in [0.3, 0.4) is 0 Å². The van der Waals surface area contributed by atoms with E-state index in [2.05, 4.69) is 25.6 Å². The van der Waals surface area contributed by atoms with Gasteiger partial charge in [0.25, 0.3) is 0 Å². The van der Waals surface area contributed by atoms with Gasteiger partial charge in [-0.25, -0.2) is 14.6 Å². The lowest BCUT2D eigenvalue weighted by Gasteiger charge is -2.05. The van der Waals surface area contributed by atoms with Crippen molar-refractivity contribution in [2.45, 2.75) is 6.92 Å². The maximum Gasteiger partial charge on any atom is 0.168 e. The van der Waals surface area contributed by atoms with E-state index < -0.39 is 0 Å². The molecule has 0 aliphatic rings. The van der Waals surface area contributed by atoms with Crippen LogP contribution in [0.25, 0.3) is 16.7 Å². The molecule has 0 unspecified atom stereocenters. The highest BCUT2D eigenvalue weighted by molar-refractivity contribution is 5.88. The summed E-state index contributed by atoms with van der Waals surface area (Å²) < 4.78 is 1.78. The predicted octanol–water partition coefficient (Wildman–Crippen LogP) is 3.28. The first-order chi connectivity index (χ1) is 12.7. The quantitative estimate of drug-likeness (QED) is 0.438. The molecule has 7 nitrogen and oxygen atoms in total. The Bertz CT molecular complexity index is 1070. The Balaban J connectivity index is 1.67. The number of hydrazone groups is 1. The molecule has 0 aliphatic carbocycles. The molecule has 0 radical (unpaired) electrons. The summed E-state index contributed by atoms with van der Waals surface area (Å²) in [4.78, 5) is 8.94. The van der Waals surface area contributed by atoms with Gasteiger partial charge in [-0.05, 0) is 48.9 Å². The molecule has 0 bridgehead atoms. The molecule has 0 atom stereocenters. The molecule has 26 heavy (non-hydrogen) atoms. The molecular weight excluding hydrogens is 328 g/mol. The third kappa shape index (κ3) is 3.10. The maximum atomic E-state index is 9.32. The van der Waals surface area contributed by atoms with Crippen LogP contribution in [0.5, 0.6) is 5.75 Å². The number of aromatic hydroxyl groups is 1. The molecule has 0 fully saturated rings. The van der Waals surface area contributed by atoms with Gasteiger partial charge in [-0.2, -0.15) is 10.2 Å². The molecule has 0 amide bonds. The molecule has 2 aromatic carbocycles. The third-order valence-electron chi connectivity index (χ3n) is 3.82. The molecule has 4 aromatic rings. The molecule has 0 saturated carbocycles. The van der Waals surface area contributed by atoms with E-state index in [0.717, 1.165) is 16.6 Å². The summed E-state index contributed by atoms with van der Waals surface area (Å²) in [5, 5.41) is 18.8. The topological polar surface area (TPSA) is 88.2 Å². The van der Waals surface area contributed by atoms with Crippen molar-refractivity contribution in [1.82, 2.24) is 19.7 Å². The number of hydrogen-bond donors (Lipinski definition) is 2. The first-order valence-electron chi connectivity index (χ1n) is 8.06. The van der Waals surface area contributed by atoms with Gasteiger partial charge in [-0.1, -0.05) is 18.2 Å². The second kappa shape index (κ2) is 6.64. The lowest BCUT2D eigenvalue weighted by atomic mass is 10.2. The minimum atomic E-state index is 0.219. The van der Waals surface area contributed by atoms with Gasteiger partial charge in [0.15, 0.2) is 11.5 Å². The number of fused-ring (bicyclic) bond motifs is 1. The van der Waals surface area contributed by atoms with Crippen molar-refractivity contribution in [2.75, 3.05) is 5.43 Å². The van der Waals surface area contributed by atoms with Crippen LogP contribution in [0, 0.1) is 6.92 Å². The molecule has 0 aliphatic heterocycles. The van der Waals surface area contributed by atoms with Gasteiger partial charge >= 0.3 is 0 Å². The fourth-order valence-electron chi connectivity index (χ4n) is 2.59. The van der Waals surface area contributed by atoms with Crippen LogP contribution in [0.15, 0.2) is 65.9 Å². The fraction of sp³-hybridized carbons (Fsp3) is 0.0526. The number of phenols is 1. The van der Waals surface area contributed by atoms with Crippen LogP contribution < -0.4 is 5.43 Å². The first-order valence-corrected chi connectivity index (χ1v) is 8.06. The zero-order chi connectivity index (χ0) is 17.9. The van der Waals surface area contributed by atoms with Crippen LogP contribution in [-0.4, -0.2) is 31.1 Å². The largest absolute Gasteiger partial charge is 0.508 e. The summed E-state index contributed by atoms with van der Waals surface area (Å²) in [6, 6.07) is 16.6. The zero-order valence-corrected chi connectivity index (χ0v) is 14.0. The SMILES string of the molecule is Cc1nc(N/N=C\c2ccc(O)cc2)c2cnn(-c3ccccc3)c2n1. The summed E-state index contributed by atoms with van der Waals surface area (Å²) in [6.07, 6.45) is 3.38. The van der Waals surface area contributed by atoms with Crippen LogP contribution in [0.2, 0.25) is 0 Å². The van der Waals surface area contributed by atoms with E-state index in [1.165, 1.54) is 0 Å². The van der Waals surface area contributed by atoms with E-state index in [4.69, 9.17) is 0 Å². The van der Waals surface area contributed by atoms with Crippen molar-refractivity contribution >= 4 is 23.1 Å². The van der Waals surface area contributed by atoms with Crippen molar-refractivity contribution in [3.05, 3.63) is 72.2 Å². The Kier molecular flexibility index (Phi) is 4.03. The standard InChI is InChI=1S/C19H16N6O/c1-13-22-18(24-20-11-14-7-9-16(26)10-8-14)17-12-21-25(19(17)23-13)15-5-3-2-4-6-15/h2-12,26H,1H3,(H,22,23,24)/b20-11-. The third-order valence-corrected chi connectivity index (χ3v) is 3.82. The first kappa shape index (κ1) is 15.8. The number of anilines is 1.